The van der Waals surface area contributed by atoms with Crippen LogP contribution in [0, 0.1) is 0 Å². The molecule has 1 aliphatic heterocycles. The van der Waals surface area contributed by atoms with Crippen LogP contribution in [-0.4, -0.2) is 79.3 Å². The fourth-order valence-electron chi connectivity index (χ4n) is 2.65. The van der Waals surface area contributed by atoms with Gasteiger partial charge in [0, 0.05) is 6.42 Å². The summed E-state index contributed by atoms with van der Waals surface area (Å²) in [5, 5.41) is 0. The van der Waals surface area contributed by atoms with Gasteiger partial charge in [-0.3, -0.25) is 0 Å². The number of halogens is 17. The third-order valence-corrected chi connectivity index (χ3v) is 4.11. The van der Waals surface area contributed by atoms with Crippen LogP contribution in [-0.2, 0) is 9.47 Å². The van der Waals surface area contributed by atoms with Gasteiger partial charge in [0.2, 0.25) is 6.30 Å². The quantitative estimate of drug-likeness (QED) is 0.327. The molecule has 198 valence electrons. The lowest BCUT2D eigenvalue weighted by molar-refractivity contribution is -0.428. The Morgan fingerprint density at radius 3 is 1.55 bits per heavy atom. The zero-order chi connectivity index (χ0) is 26.4. The summed E-state index contributed by atoms with van der Waals surface area (Å²) < 4.78 is 228. The van der Waals surface area contributed by atoms with E-state index in [1.807, 2.05) is 0 Å². The summed E-state index contributed by atoms with van der Waals surface area (Å²) in [5.41, 5.74) is -6.26. The van der Waals surface area contributed by atoms with Crippen LogP contribution in [0.15, 0.2) is 0 Å². The molecule has 0 amide bonds. The van der Waals surface area contributed by atoms with E-state index in [0.717, 1.165) is 0 Å². The molecule has 0 radical (unpaired) electrons. The fraction of sp³-hybridized carbons (Fsp3) is 1.00. The summed E-state index contributed by atoms with van der Waals surface area (Å²) in [4.78, 5) is -3.42. The Bertz CT molecular complexity index is 641. The molecule has 20 heteroatoms. The number of hydrogen-bond acceptors (Lipinski definition) is 3. The topological polar surface area (TPSA) is 21.7 Å². The molecule has 1 heterocycles. The van der Waals surface area contributed by atoms with Crippen LogP contribution in [0.5, 0.6) is 0 Å². The van der Waals surface area contributed by atoms with Crippen molar-refractivity contribution in [3.63, 3.8) is 0 Å². The van der Waals surface area contributed by atoms with E-state index in [-0.39, 0.29) is 0 Å². The average molecular weight is 535 g/mol. The lowest BCUT2D eigenvalue weighted by Gasteiger charge is -2.44. The Balaban J connectivity index is 3.33. The van der Waals surface area contributed by atoms with Crippen molar-refractivity contribution in [3.8, 4) is 0 Å². The smallest absolute Gasteiger partial charge is 0.376 e. The fourth-order valence-corrected chi connectivity index (χ4v) is 2.65. The van der Waals surface area contributed by atoms with Crippen molar-refractivity contribution >= 4 is 0 Å². The zero-order valence-electron chi connectivity index (χ0n) is 15.1. The number of ether oxygens (including phenoxy) is 2. The van der Waals surface area contributed by atoms with Gasteiger partial charge in [0.15, 0.2) is 0 Å². The van der Waals surface area contributed by atoms with Crippen molar-refractivity contribution in [1.82, 2.24) is 4.90 Å². The lowest BCUT2D eigenvalue weighted by atomic mass is 9.94. The molecule has 3 nitrogen and oxygen atoms in total. The molecule has 0 saturated carbocycles. The molecule has 0 aliphatic carbocycles. The van der Waals surface area contributed by atoms with E-state index in [1.165, 1.54) is 0 Å². The van der Waals surface area contributed by atoms with Gasteiger partial charge in [0.1, 0.15) is 6.10 Å². The van der Waals surface area contributed by atoms with E-state index in [1.54, 1.807) is 0 Å². The molecule has 1 saturated heterocycles. The Labute approximate surface area is 171 Å². The van der Waals surface area contributed by atoms with Crippen LogP contribution in [0.4, 0.5) is 74.6 Å². The molecule has 33 heavy (non-hydrogen) atoms. The molecule has 0 aromatic rings. The SMILES string of the molecule is FC(C(F)(F)F)C(F)(F)CC1COCC(C(F)(C(F)N(C(F)(F)F)C(F)(F)F)C(F)(F)F)O1. The Morgan fingerprint density at radius 2 is 1.18 bits per heavy atom. The second kappa shape index (κ2) is 9.04. The first-order valence-corrected chi connectivity index (χ1v) is 8.01. The van der Waals surface area contributed by atoms with E-state index in [9.17, 15) is 74.6 Å². The standard InChI is InChI=1S/C13H10F17NO2/c14-6(10(19,20)21)8(16,17)1-4-2-32-3-5(33-4)9(18,11(22,23)24)7(15)31(12(25,26)27)13(28,29)30/h4-7H,1-3H2. The molecule has 0 bridgehead atoms. The van der Waals surface area contributed by atoms with E-state index >= 15 is 0 Å². The highest BCUT2D eigenvalue weighted by Crippen LogP contribution is 2.49. The van der Waals surface area contributed by atoms with E-state index in [2.05, 4.69) is 9.47 Å². The maximum Gasteiger partial charge on any atom is 0.469 e. The predicted octanol–water partition coefficient (Wildman–Crippen LogP) is 5.60. The van der Waals surface area contributed by atoms with Crippen molar-refractivity contribution in [2.75, 3.05) is 13.2 Å². The van der Waals surface area contributed by atoms with Gasteiger partial charge >= 0.3 is 25.0 Å². The lowest BCUT2D eigenvalue weighted by Crippen LogP contribution is -2.69. The Morgan fingerprint density at radius 1 is 0.727 bits per heavy atom. The predicted molar refractivity (Wildman–Crippen MR) is 68.7 cm³/mol. The molecule has 5 atom stereocenters. The maximum absolute atomic E-state index is 14.7. The molecular formula is C13H10F17NO2. The van der Waals surface area contributed by atoms with Gasteiger partial charge in [-0.25, -0.2) is 22.0 Å². The average Bonchev–Trinajstić information content (AvgIpc) is 2.55. The van der Waals surface area contributed by atoms with Crippen LogP contribution >= 0.6 is 0 Å². The summed E-state index contributed by atoms with van der Waals surface area (Å²) in [6.45, 7) is -3.37. The molecule has 0 aromatic heterocycles. The van der Waals surface area contributed by atoms with Crippen molar-refractivity contribution < 1.29 is 84.1 Å². The van der Waals surface area contributed by atoms with E-state index in [0.29, 0.717) is 0 Å². The van der Waals surface area contributed by atoms with Gasteiger partial charge in [-0.2, -0.15) is 52.7 Å². The highest BCUT2D eigenvalue weighted by atomic mass is 19.4. The maximum atomic E-state index is 14.7. The van der Waals surface area contributed by atoms with Crippen LogP contribution < -0.4 is 0 Å². The molecule has 1 rings (SSSR count). The second-order valence-corrected chi connectivity index (χ2v) is 6.56. The monoisotopic (exact) mass is 535 g/mol. The van der Waals surface area contributed by atoms with Crippen molar-refractivity contribution in [2.24, 2.45) is 0 Å². The summed E-state index contributed by atoms with van der Waals surface area (Å²) in [7, 11) is 0. The van der Waals surface area contributed by atoms with Gasteiger partial charge < -0.3 is 9.47 Å². The molecule has 5 unspecified atom stereocenters. The number of alkyl halides is 17. The minimum absolute atomic E-state index is 1.41. The normalized spacial score (nSPS) is 25.6. The molecular weight excluding hydrogens is 525 g/mol. The van der Waals surface area contributed by atoms with Crippen LogP contribution in [0.2, 0.25) is 0 Å². The molecule has 1 fully saturated rings. The number of hydrogen-bond donors (Lipinski definition) is 0. The number of rotatable bonds is 6. The van der Waals surface area contributed by atoms with Crippen molar-refractivity contribution in [3.05, 3.63) is 0 Å². The van der Waals surface area contributed by atoms with Gasteiger partial charge in [-0.05, 0) is 0 Å². The Kier molecular flexibility index (Phi) is 8.15. The minimum Gasteiger partial charge on any atom is -0.376 e. The number of nitrogens with zero attached hydrogens (tertiary/aromatic N) is 1. The highest BCUT2D eigenvalue weighted by Gasteiger charge is 2.75. The third-order valence-electron chi connectivity index (χ3n) is 4.11. The van der Waals surface area contributed by atoms with Crippen molar-refractivity contribution in [1.29, 1.82) is 0 Å². The summed E-state index contributed by atoms with van der Waals surface area (Å²) >= 11 is 0. The van der Waals surface area contributed by atoms with Crippen LogP contribution in [0.3, 0.4) is 0 Å². The first-order chi connectivity index (χ1) is 14.4. The van der Waals surface area contributed by atoms with Gasteiger partial charge in [-0.15, -0.1) is 0 Å². The van der Waals surface area contributed by atoms with Crippen LogP contribution in [0.25, 0.3) is 0 Å². The molecule has 0 N–H and O–H groups in total. The van der Waals surface area contributed by atoms with Gasteiger partial charge in [0.25, 0.3) is 17.8 Å². The van der Waals surface area contributed by atoms with Crippen molar-refractivity contribution in [2.45, 2.75) is 67.6 Å². The van der Waals surface area contributed by atoms with Gasteiger partial charge in [0.05, 0.1) is 19.3 Å². The van der Waals surface area contributed by atoms with Crippen LogP contribution in [0.1, 0.15) is 6.42 Å². The highest BCUT2D eigenvalue weighted by molar-refractivity contribution is 5.03. The summed E-state index contributed by atoms with van der Waals surface area (Å²) in [6.07, 6.45) is -46.9. The van der Waals surface area contributed by atoms with E-state index < -0.39 is 85.8 Å². The zero-order valence-corrected chi connectivity index (χ0v) is 15.1. The van der Waals surface area contributed by atoms with Gasteiger partial charge in [-0.1, -0.05) is 4.90 Å². The molecule has 0 aromatic carbocycles. The minimum atomic E-state index is -6.99. The van der Waals surface area contributed by atoms with E-state index in [4.69, 9.17) is 0 Å². The third kappa shape index (κ3) is 6.43. The largest absolute Gasteiger partial charge is 0.469 e. The molecule has 0 spiro atoms. The summed E-state index contributed by atoms with van der Waals surface area (Å²) in [6, 6.07) is 0. The molecule has 1 aliphatic rings. The summed E-state index contributed by atoms with van der Waals surface area (Å²) in [5.74, 6) is -5.47. The Hall–Kier alpha value is -1.31. The second-order valence-electron chi connectivity index (χ2n) is 6.56. The first kappa shape index (κ1) is 29.7. The first-order valence-electron chi connectivity index (χ1n) is 8.01.